The monoisotopic (exact) mass is 317 g/mol. The van der Waals surface area contributed by atoms with Gasteiger partial charge in [0, 0.05) is 13.5 Å². The Kier molecular flexibility index (Phi) is 6.11. The molecule has 0 saturated heterocycles. The van der Waals surface area contributed by atoms with E-state index < -0.39 is 0 Å². The maximum atomic E-state index is 11.8. The molecule has 2 aromatic rings. The third-order valence-corrected chi connectivity index (χ3v) is 4.06. The molecular formula is C20H19N3O. The second-order valence-electron chi connectivity index (χ2n) is 5.66. The predicted molar refractivity (Wildman–Crippen MR) is 92.1 cm³/mol. The van der Waals surface area contributed by atoms with E-state index in [9.17, 15) is 4.79 Å². The minimum Gasteiger partial charge on any atom is -0.359 e. The first kappa shape index (κ1) is 17.2. The number of aryl methyl sites for hydroxylation is 1. The number of carbonyl (C=O) groups excluding carboxylic acids is 1. The lowest BCUT2D eigenvalue weighted by atomic mass is 9.88. The molecule has 0 radical (unpaired) electrons. The van der Waals surface area contributed by atoms with Gasteiger partial charge < -0.3 is 5.32 Å². The highest BCUT2D eigenvalue weighted by Crippen LogP contribution is 2.26. The fourth-order valence-electron chi connectivity index (χ4n) is 2.66. The fraction of sp³-hybridized carbons (Fsp3) is 0.250. The van der Waals surface area contributed by atoms with Crippen LogP contribution < -0.4 is 5.32 Å². The number of amides is 1. The lowest BCUT2D eigenvalue weighted by Gasteiger charge is -2.17. The zero-order valence-corrected chi connectivity index (χ0v) is 13.6. The van der Waals surface area contributed by atoms with Crippen molar-refractivity contribution < 1.29 is 4.79 Å². The highest BCUT2D eigenvalue weighted by molar-refractivity contribution is 5.76. The predicted octanol–water partition coefficient (Wildman–Crippen LogP) is 3.28. The Morgan fingerprint density at radius 1 is 1.08 bits per heavy atom. The van der Waals surface area contributed by atoms with Crippen molar-refractivity contribution >= 4 is 5.91 Å². The van der Waals surface area contributed by atoms with Gasteiger partial charge in [0.25, 0.3) is 0 Å². The normalized spacial score (nSPS) is 11.1. The maximum Gasteiger partial charge on any atom is 0.220 e. The summed E-state index contributed by atoms with van der Waals surface area (Å²) >= 11 is 0. The molecule has 0 heterocycles. The van der Waals surface area contributed by atoms with Gasteiger partial charge in [-0.1, -0.05) is 24.3 Å². The van der Waals surface area contributed by atoms with Gasteiger partial charge in [0.05, 0.1) is 23.3 Å². The molecule has 120 valence electrons. The van der Waals surface area contributed by atoms with Gasteiger partial charge in [0.1, 0.15) is 0 Å². The van der Waals surface area contributed by atoms with E-state index in [0.29, 0.717) is 17.5 Å². The van der Waals surface area contributed by atoms with Crippen LogP contribution in [0.3, 0.4) is 0 Å². The van der Waals surface area contributed by atoms with Gasteiger partial charge >= 0.3 is 0 Å². The van der Waals surface area contributed by atoms with Crippen molar-refractivity contribution in [1.29, 1.82) is 10.5 Å². The largest absolute Gasteiger partial charge is 0.359 e. The van der Waals surface area contributed by atoms with E-state index in [2.05, 4.69) is 17.5 Å². The summed E-state index contributed by atoms with van der Waals surface area (Å²) in [5.74, 6) is 0.0380. The van der Waals surface area contributed by atoms with Crippen molar-refractivity contribution in [3.63, 3.8) is 0 Å². The van der Waals surface area contributed by atoms with Crippen LogP contribution in [0.2, 0.25) is 0 Å². The summed E-state index contributed by atoms with van der Waals surface area (Å²) in [7, 11) is 1.63. The number of nitrogens with one attached hydrogen (secondary N) is 1. The lowest BCUT2D eigenvalue weighted by molar-refractivity contribution is -0.121. The number of carbonyl (C=O) groups is 1. The van der Waals surface area contributed by atoms with Crippen LogP contribution in [-0.4, -0.2) is 13.0 Å². The standard InChI is InChI=1S/C20H19N3O/c1-23-20(24)12-19(18-4-2-3-17(11-18)14-22)10-9-15-5-7-16(13-21)8-6-15/h2-8,11,19H,9-10,12H2,1H3,(H,23,24). The summed E-state index contributed by atoms with van der Waals surface area (Å²) in [5.41, 5.74) is 3.38. The summed E-state index contributed by atoms with van der Waals surface area (Å²) in [6.07, 6.45) is 2.00. The first-order valence-electron chi connectivity index (χ1n) is 7.86. The number of benzene rings is 2. The fourth-order valence-corrected chi connectivity index (χ4v) is 2.66. The Balaban J connectivity index is 2.14. The number of nitrogens with zero attached hydrogens (tertiary/aromatic N) is 2. The molecule has 4 heteroatoms. The summed E-state index contributed by atoms with van der Waals surface area (Å²) in [6, 6.07) is 19.2. The molecule has 0 aromatic heterocycles. The average molecular weight is 317 g/mol. The topological polar surface area (TPSA) is 76.7 Å². The molecule has 2 aromatic carbocycles. The van der Waals surface area contributed by atoms with Gasteiger partial charge in [-0.2, -0.15) is 10.5 Å². The van der Waals surface area contributed by atoms with E-state index >= 15 is 0 Å². The van der Waals surface area contributed by atoms with Gasteiger partial charge in [-0.25, -0.2) is 0 Å². The molecule has 1 amide bonds. The molecule has 1 atom stereocenters. The Morgan fingerprint density at radius 3 is 2.42 bits per heavy atom. The Morgan fingerprint density at radius 2 is 1.79 bits per heavy atom. The third kappa shape index (κ3) is 4.69. The second-order valence-corrected chi connectivity index (χ2v) is 5.66. The number of hydrogen-bond acceptors (Lipinski definition) is 3. The smallest absolute Gasteiger partial charge is 0.220 e. The Labute approximate surface area is 142 Å². The molecule has 24 heavy (non-hydrogen) atoms. The molecule has 1 unspecified atom stereocenters. The van der Waals surface area contributed by atoms with Crippen LogP contribution in [0.15, 0.2) is 48.5 Å². The number of hydrogen-bond donors (Lipinski definition) is 1. The quantitative estimate of drug-likeness (QED) is 0.888. The SMILES string of the molecule is CNC(=O)CC(CCc1ccc(C#N)cc1)c1cccc(C#N)c1. The molecule has 0 aliphatic heterocycles. The summed E-state index contributed by atoms with van der Waals surface area (Å²) in [4.78, 5) is 11.8. The summed E-state index contributed by atoms with van der Waals surface area (Å²) in [5, 5.41) is 20.6. The third-order valence-electron chi connectivity index (χ3n) is 4.06. The van der Waals surface area contributed by atoms with Gasteiger partial charge in [-0.15, -0.1) is 0 Å². The first-order chi connectivity index (χ1) is 11.7. The molecule has 1 N–H and O–H groups in total. The van der Waals surface area contributed by atoms with Crippen molar-refractivity contribution in [2.45, 2.75) is 25.2 Å². The highest BCUT2D eigenvalue weighted by atomic mass is 16.1. The lowest BCUT2D eigenvalue weighted by Crippen LogP contribution is -2.21. The maximum absolute atomic E-state index is 11.8. The van der Waals surface area contributed by atoms with Crippen LogP contribution in [0.4, 0.5) is 0 Å². The molecule has 0 aliphatic carbocycles. The molecule has 0 spiro atoms. The Bertz CT molecular complexity index is 782. The van der Waals surface area contributed by atoms with E-state index in [4.69, 9.17) is 10.5 Å². The molecule has 0 fully saturated rings. The summed E-state index contributed by atoms with van der Waals surface area (Å²) < 4.78 is 0. The molecule has 0 aliphatic rings. The van der Waals surface area contributed by atoms with E-state index in [1.54, 1.807) is 25.2 Å². The second kappa shape index (κ2) is 8.50. The van der Waals surface area contributed by atoms with Crippen molar-refractivity contribution in [2.24, 2.45) is 0 Å². The van der Waals surface area contributed by atoms with Gasteiger partial charge in [-0.3, -0.25) is 4.79 Å². The van der Waals surface area contributed by atoms with Gasteiger partial charge in [0.2, 0.25) is 5.91 Å². The van der Waals surface area contributed by atoms with E-state index in [0.717, 1.165) is 24.0 Å². The van der Waals surface area contributed by atoms with Crippen LogP contribution in [-0.2, 0) is 11.2 Å². The number of nitriles is 2. The number of rotatable bonds is 6. The Hall–Kier alpha value is -3.11. The molecule has 2 rings (SSSR count). The van der Waals surface area contributed by atoms with E-state index in [1.807, 2.05) is 30.3 Å². The first-order valence-corrected chi connectivity index (χ1v) is 7.86. The molecule has 0 bridgehead atoms. The van der Waals surface area contributed by atoms with Crippen LogP contribution >= 0.6 is 0 Å². The van der Waals surface area contributed by atoms with Crippen LogP contribution in [0.1, 0.15) is 41.0 Å². The molecular weight excluding hydrogens is 298 g/mol. The minimum atomic E-state index is -0.0119. The van der Waals surface area contributed by atoms with Gasteiger partial charge in [-0.05, 0) is 54.2 Å². The highest BCUT2D eigenvalue weighted by Gasteiger charge is 2.16. The average Bonchev–Trinajstić information content (AvgIpc) is 2.65. The zero-order chi connectivity index (χ0) is 17.4. The minimum absolute atomic E-state index is 0.0119. The zero-order valence-electron chi connectivity index (χ0n) is 13.6. The van der Waals surface area contributed by atoms with Gasteiger partial charge in [0.15, 0.2) is 0 Å². The van der Waals surface area contributed by atoms with Crippen molar-refractivity contribution in [1.82, 2.24) is 5.32 Å². The van der Waals surface area contributed by atoms with E-state index in [-0.39, 0.29) is 11.8 Å². The van der Waals surface area contributed by atoms with Crippen LogP contribution in [0.25, 0.3) is 0 Å². The van der Waals surface area contributed by atoms with E-state index in [1.165, 1.54) is 0 Å². The van der Waals surface area contributed by atoms with Crippen molar-refractivity contribution in [2.75, 3.05) is 7.05 Å². The summed E-state index contributed by atoms with van der Waals surface area (Å²) in [6.45, 7) is 0. The van der Waals surface area contributed by atoms with Crippen LogP contribution in [0, 0.1) is 22.7 Å². The molecule has 4 nitrogen and oxygen atoms in total. The molecule has 0 saturated carbocycles. The van der Waals surface area contributed by atoms with Crippen molar-refractivity contribution in [3.05, 3.63) is 70.8 Å². The van der Waals surface area contributed by atoms with Crippen molar-refractivity contribution in [3.8, 4) is 12.1 Å². The van der Waals surface area contributed by atoms with Crippen LogP contribution in [0.5, 0.6) is 0 Å².